The van der Waals surface area contributed by atoms with Crippen LogP contribution in [0.5, 0.6) is 0 Å². The van der Waals surface area contributed by atoms with Gasteiger partial charge in [0.15, 0.2) is 0 Å². The zero-order valence-corrected chi connectivity index (χ0v) is 12.4. The van der Waals surface area contributed by atoms with Gasteiger partial charge in [0.2, 0.25) is 11.8 Å². The van der Waals surface area contributed by atoms with E-state index in [4.69, 9.17) is 0 Å². The quantitative estimate of drug-likeness (QED) is 0.755. The Morgan fingerprint density at radius 1 is 1.04 bits per heavy atom. The lowest BCUT2D eigenvalue weighted by Crippen LogP contribution is -2.54. The Hall–Kier alpha value is -2.90. The van der Waals surface area contributed by atoms with Crippen LogP contribution in [0.3, 0.4) is 0 Å². The van der Waals surface area contributed by atoms with E-state index in [-0.39, 0.29) is 25.5 Å². The third-order valence-electron chi connectivity index (χ3n) is 3.87. The summed E-state index contributed by atoms with van der Waals surface area (Å²) < 4.78 is 0. The molecule has 8 nitrogen and oxygen atoms in total. The Morgan fingerprint density at radius 2 is 1.78 bits per heavy atom. The van der Waals surface area contributed by atoms with E-state index in [2.05, 4.69) is 5.32 Å². The molecule has 0 radical (unpaired) electrons. The van der Waals surface area contributed by atoms with Crippen molar-refractivity contribution in [1.82, 2.24) is 15.1 Å². The highest BCUT2D eigenvalue weighted by molar-refractivity contribution is 6.05. The molecule has 5 amide bonds. The lowest BCUT2D eigenvalue weighted by Gasteiger charge is -2.34. The SMILES string of the molecule is O=C(CN1C(=O)CNC1=O)N1CCN(c2ccccc2)C(=O)C1. The second-order valence-electron chi connectivity index (χ2n) is 5.33. The third kappa shape index (κ3) is 3.01. The summed E-state index contributed by atoms with van der Waals surface area (Å²) in [5, 5.41) is 2.36. The Balaban J connectivity index is 1.61. The number of nitrogens with one attached hydrogen (secondary N) is 1. The molecule has 2 aliphatic rings. The van der Waals surface area contributed by atoms with Gasteiger partial charge in [0.25, 0.3) is 5.91 Å². The normalized spacial score (nSPS) is 18.4. The van der Waals surface area contributed by atoms with Gasteiger partial charge in [-0.2, -0.15) is 0 Å². The molecule has 3 rings (SSSR count). The fraction of sp³-hybridized carbons (Fsp3) is 0.333. The molecule has 0 saturated carbocycles. The second-order valence-corrected chi connectivity index (χ2v) is 5.33. The van der Waals surface area contributed by atoms with Crippen LogP contribution in [0.1, 0.15) is 0 Å². The van der Waals surface area contributed by atoms with E-state index >= 15 is 0 Å². The van der Waals surface area contributed by atoms with Crippen molar-refractivity contribution in [3.05, 3.63) is 30.3 Å². The summed E-state index contributed by atoms with van der Waals surface area (Å²) >= 11 is 0. The van der Waals surface area contributed by atoms with E-state index < -0.39 is 17.8 Å². The van der Waals surface area contributed by atoms with E-state index in [0.29, 0.717) is 13.1 Å². The van der Waals surface area contributed by atoms with E-state index in [1.165, 1.54) is 4.90 Å². The molecule has 120 valence electrons. The van der Waals surface area contributed by atoms with Crippen LogP contribution in [0.25, 0.3) is 0 Å². The fourth-order valence-electron chi connectivity index (χ4n) is 2.62. The Kier molecular flexibility index (Phi) is 3.96. The first-order valence-electron chi connectivity index (χ1n) is 7.27. The molecule has 0 unspecified atom stereocenters. The van der Waals surface area contributed by atoms with Crippen molar-refractivity contribution in [2.24, 2.45) is 0 Å². The molecule has 1 N–H and O–H groups in total. The number of piperazine rings is 1. The maximum atomic E-state index is 12.2. The summed E-state index contributed by atoms with van der Waals surface area (Å²) in [6, 6.07) is 8.66. The zero-order valence-electron chi connectivity index (χ0n) is 12.4. The largest absolute Gasteiger partial charge is 0.330 e. The minimum atomic E-state index is -0.572. The lowest BCUT2D eigenvalue weighted by atomic mass is 10.2. The van der Waals surface area contributed by atoms with Gasteiger partial charge >= 0.3 is 6.03 Å². The molecule has 0 spiro atoms. The van der Waals surface area contributed by atoms with E-state index in [1.807, 2.05) is 30.3 Å². The second kappa shape index (κ2) is 6.07. The summed E-state index contributed by atoms with van der Waals surface area (Å²) in [6.45, 7) is 0.269. The number of urea groups is 1. The molecule has 2 heterocycles. The van der Waals surface area contributed by atoms with Crippen LogP contribution in [-0.4, -0.2) is 66.3 Å². The summed E-state index contributed by atoms with van der Waals surface area (Å²) in [4.78, 5) is 51.3. The molecular weight excluding hydrogens is 300 g/mol. The fourth-order valence-corrected chi connectivity index (χ4v) is 2.62. The van der Waals surface area contributed by atoms with Crippen LogP contribution in [0, 0.1) is 0 Å². The first-order chi connectivity index (χ1) is 11.1. The van der Waals surface area contributed by atoms with Gasteiger partial charge in [-0.1, -0.05) is 18.2 Å². The van der Waals surface area contributed by atoms with Gasteiger partial charge in [0.1, 0.15) is 13.1 Å². The van der Waals surface area contributed by atoms with Crippen LogP contribution in [0.15, 0.2) is 30.3 Å². The molecule has 8 heteroatoms. The number of rotatable bonds is 3. The average Bonchev–Trinajstić information content (AvgIpc) is 2.87. The van der Waals surface area contributed by atoms with Gasteiger partial charge in [-0.15, -0.1) is 0 Å². The van der Waals surface area contributed by atoms with Crippen LogP contribution in [0.4, 0.5) is 10.5 Å². The van der Waals surface area contributed by atoms with Gasteiger partial charge in [0.05, 0.1) is 6.54 Å². The monoisotopic (exact) mass is 316 g/mol. The summed E-state index contributed by atoms with van der Waals surface area (Å²) in [5.41, 5.74) is 0.790. The predicted molar refractivity (Wildman–Crippen MR) is 80.5 cm³/mol. The molecule has 0 aliphatic carbocycles. The number of nitrogens with zero attached hydrogens (tertiary/aromatic N) is 3. The smallest absolute Gasteiger partial charge is 0.325 e. The molecule has 2 fully saturated rings. The van der Waals surface area contributed by atoms with E-state index in [0.717, 1.165) is 10.6 Å². The molecule has 23 heavy (non-hydrogen) atoms. The Morgan fingerprint density at radius 3 is 2.39 bits per heavy atom. The van der Waals surface area contributed by atoms with Crippen LogP contribution in [-0.2, 0) is 14.4 Å². The average molecular weight is 316 g/mol. The number of amides is 5. The number of para-hydroxylation sites is 1. The molecule has 0 bridgehead atoms. The highest BCUT2D eigenvalue weighted by Crippen LogP contribution is 2.16. The summed E-state index contributed by atoms with van der Waals surface area (Å²) in [7, 11) is 0. The highest BCUT2D eigenvalue weighted by Gasteiger charge is 2.34. The van der Waals surface area contributed by atoms with Crippen molar-refractivity contribution in [2.45, 2.75) is 0 Å². The molecule has 2 aliphatic heterocycles. The maximum absolute atomic E-state index is 12.2. The predicted octanol–water partition coefficient (Wildman–Crippen LogP) is -0.586. The third-order valence-corrected chi connectivity index (χ3v) is 3.87. The van der Waals surface area contributed by atoms with Gasteiger partial charge in [-0.05, 0) is 12.1 Å². The van der Waals surface area contributed by atoms with Gasteiger partial charge < -0.3 is 15.1 Å². The molecule has 1 aromatic rings. The number of hydrogen-bond acceptors (Lipinski definition) is 4. The number of carbonyl (C=O) groups is 4. The Bertz CT molecular complexity index is 645. The first kappa shape index (κ1) is 15.0. The minimum Gasteiger partial charge on any atom is -0.330 e. The van der Waals surface area contributed by atoms with Gasteiger partial charge in [-0.25, -0.2) is 4.79 Å². The Labute approximate surface area is 132 Å². The van der Waals surface area contributed by atoms with Crippen molar-refractivity contribution in [3.63, 3.8) is 0 Å². The number of carbonyl (C=O) groups excluding carboxylic acids is 4. The molecule has 2 saturated heterocycles. The number of hydrogen-bond donors (Lipinski definition) is 1. The number of anilines is 1. The molecule has 0 aromatic heterocycles. The zero-order chi connectivity index (χ0) is 16.4. The van der Waals surface area contributed by atoms with E-state index in [1.54, 1.807) is 4.90 Å². The van der Waals surface area contributed by atoms with Crippen LogP contribution >= 0.6 is 0 Å². The van der Waals surface area contributed by atoms with E-state index in [9.17, 15) is 19.2 Å². The molecular formula is C15H16N4O4. The first-order valence-corrected chi connectivity index (χ1v) is 7.27. The number of benzene rings is 1. The van der Waals surface area contributed by atoms with Crippen molar-refractivity contribution in [1.29, 1.82) is 0 Å². The summed E-state index contributed by atoms with van der Waals surface area (Å²) in [6.07, 6.45) is 0. The van der Waals surface area contributed by atoms with Gasteiger partial charge in [0, 0.05) is 18.8 Å². The minimum absolute atomic E-state index is 0.0582. The maximum Gasteiger partial charge on any atom is 0.325 e. The molecule has 0 atom stereocenters. The van der Waals surface area contributed by atoms with Crippen molar-refractivity contribution >= 4 is 29.4 Å². The van der Waals surface area contributed by atoms with Crippen molar-refractivity contribution in [2.75, 3.05) is 37.6 Å². The van der Waals surface area contributed by atoms with Crippen molar-refractivity contribution < 1.29 is 19.2 Å². The van der Waals surface area contributed by atoms with Gasteiger partial charge in [-0.3, -0.25) is 19.3 Å². The standard InChI is InChI=1S/C15H16N4O4/c20-12-8-16-15(23)19(12)10-13(21)17-6-7-18(14(22)9-17)11-4-2-1-3-5-11/h1-5H,6-10H2,(H,16,23). The lowest BCUT2D eigenvalue weighted by molar-refractivity contribution is -0.139. The van der Waals surface area contributed by atoms with Crippen LogP contribution in [0.2, 0.25) is 0 Å². The molecule has 1 aromatic carbocycles. The number of imide groups is 1. The van der Waals surface area contributed by atoms with Crippen LogP contribution < -0.4 is 10.2 Å². The van der Waals surface area contributed by atoms with Crippen molar-refractivity contribution in [3.8, 4) is 0 Å². The summed E-state index contributed by atoms with van der Waals surface area (Å²) in [5.74, 6) is -1.03. The highest BCUT2D eigenvalue weighted by atomic mass is 16.2. The topological polar surface area (TPSA) is 90.0 Å².